The van der Waals surface area contributed by atoms with Gasteiger partial charge >= 0.3 is 0 Å². The van der Waals surface area contributed by atoms with Crippen molar-refractivity contribution in [2.24, 2.45) is 0 Å². The minimum Gasteiger partial charge on any atom is -0.295 e. The molecule has 0 amide bonds. The molecule has 4 nitrogen and oxygen atoms in total. The fraction of sp³-hybridized carbons (Fsp3) is 0.160. The first-order chi connectivity index (χ1) is 14.3. The number of aryl methyl sites for hydroxylation is 2. The van der Waals surface area contributed by atoms with Crippen LogP contribution in [0.5, 0.6) is 0 Å². The van der Waals surface area contributed by atoms with Gasteiger partial charge in [0.15, 0.2) is 5.78 Å². The van der Waals surface area contributed by atoms with E-state index in [9.17, 15) is 13.2 Å². The zero-order valence-electron chi connectivity index (χ0n) is 17.0. The van der Waals surface area contributed by atoms with E-state index < -0.39 is 10.0 Å². The highest BCUT2D eigenvalue weighted by molar-refractivity contribution is 7.92. The van der Waals surface area contributed by atoms with E-state index in [4.69, 9.17) is 0 Å². The van der Waals surface area contributed by atoms with Crippen LogP contribution in [0.4, 0.5) is 5.69 Å². The average Bonchev–Trinajstić information content (AvgIpc) is 2.84. The van der Waals surface area contributed by atoms with Gasteiger partial charge in [0.25, 0.3) is 0 Å². The molecule has 0 aromatic heterocycles. The minimum absolute atomic E-state index is 0.0599. The number of ketones is 1. The lowest BCUT2D eigenvalue weighted by molar-refractivity contribution is 0.101. The summed E-state index contributed by atoms with van der Waals surface area (Å²) in [7, 11) is -3.35. The van der Waals surface area contributed by atoms with E-state index in [0.29, 0.717) is 5.69 Å². The van der Waals surface area contributed by atoms with Crippen molar-refractivity contribution in [1.82, 2.24) is 0 Å². The number of fused-ring (bicyclic) bond motifs is 2. The van der Waals surface area contributed by atoms with Crippen LogP contribution in [0.15, 0.2) is 66.7 Å². The number of carbonyl (C=O) groups excluding carboxylic acids is 1. The third-order valence-corrected chi connectivity index (χ3v) is 5.88. The van der Waals surface area contributed by atoms with Crippen LogP contribution in [0.2, 0.25) is 0 Å². The first-order valence-electron chi connectivity index (χ1n) is 9.82. The van der Waals surface area contributed by atoms with E-state index in [2.05, 4.69) is 22.9 Å². The van der Waals surface area contributed by atoms with Crippen molar-refractivity contribution >= 4 is 33.1 Å². The maximum atomic E-state index is 11.9. The summed E-state index contributed by atoms with van der Waals surface area (Å²) in [5, 5.41) is 0. The molecule has 0 spiro atoms. The molecule has 0 bridgehead atoms. The molecule has 0 fully saturated rings. The lowest BCUT2D eigenvalue weighted by atomic mass is 9.91. The summed E-state index contributed by atoms with van der Waals surface area (Å²) < 4.78 is 25.7. The number of benzene rings is 3. The predicted octanol–water partition coefficient (Wildman–Crippen LogP) is 4.95. The Hall–Kier alpha value is -3.18. The van der Waals surface area contributed by atoms with Crippen LogP contribution in [0.3, 0.4) is 0 Å². The average molecular weight is 418 g/mol. The number of carbonyl (C=O) groups is 1. The van der Waals surface area contributed by atoms with Crippen LogP contribution in [0.1, 0.15) is 45.1 Å². The Kier molecular flexibility index (Phi) is 5.31. The minimum atomic E-state index is -3.35. The quantitative estimate of drug-likeness (QED) is 0.611. The van der Waals surface area contributed by atoms with Crippen LogP contribution in [-0.4, -0.2) is 20.5 Å². The van der Waals surface area contributed by atoms with E-state index in [1.165, 1.54) is 5.56 Å². The van der Waals surface area contributed by atoms with E-state index in [1.54, 1.807) is 13.0 Å². The van der Waals surface area contributed by atoms with Gasteiger partial charge in [0, 0.05) is 11.3 Å². The van der Waals surface area contributed by atoms with Crippen molar-refractivity contribution in [3.63, 3.8) is 0 Å². The van der Waals surface area contributed by atoms with Gasteiger partial charge in [-0.15, -0.1) is 0 Å². The summed E-state index contributed by atoms with van der Waals surface area (Å²) in [5.74, 6) is 0.0599. The van der Waals surface area contributed by atoms with Crippen molar-refractivity contribution in [2.45, 2.75) is 19.8 Å². The molecule has 0 saturated carbocycles. The third kappa shape index (κ3) is 4.36. The highest BCUT2D eigenvalue weighted by atomic mass is 32.2. The second-order valence-electron chi connectivity index (χ2n) is 7.64. The molecule has 0 unspecified atom stereocenters. The van der Waals surface area contributed by atoms with Crippen LogP contribution >= 0.6 is 0 Å². The fourth-order valence-corrected chi connectivity index (χ4v) is 4.48. The highest BCUT2D eigenvalue weighted by Crippen LogP contribution is 2.35. The van der Waals surface area contributed by atoms with E-state index in [-0.39, 0.29) is 5.78 Å². The molecule has 152 valence electrons. The van der Waals surface area contributed by atoms with Gasteiger partial charge in [0.2, 0.25) is 10.0 Å². The van der Waals surface area contributed by atoms with Gasteiger partial charge in [-0.25, -0.2) is 8.42 Å². The summed E-state index contributed by atoms with van der Waals surface area (Å²) >= 11 is 0. The van der Waals surface area contributed by atoms with Gasteiger partial charge in [-0.3, -0.25) is 9.52 Å². The van der Waals surface area contributed by atoms with Crippen LogP contribution < -0.4 is 4.72 Å². The van der Waals surface area contributed by atoms with E-state index in [1.807, 2.05) is 48.5 Å². The fourth-order valence-electron chi connectivity index (χ4n) is 3.93. The Morgan fingerprint density at radius 1 is 0.900 bits per heavy atom. The zero-order valence-corrected chi connectivity index (χ0v) is 17.8. The van der Waals surface area contributed by atoms with Crippen molar-refractivity contribution in [2.75, 3.05) is 11.0 Å². The first-order valence-corrected chi connectivity index (χ1v) is 11.7. The SMILES string of the molecule is CC(=O)c1ccc2c(c1)CCc1ccccc1C2=Cc1cccc(NS(C)(=O)=O)c1. The van der Waals surface area contributed by atoms with Gasteiger partial charge in [-0.2, -0.15) is 0 Å². The Balaban J connectivity index is 1.88. The zero-order chi connectivity index (χ0) is 21.3. The molecule has 30 heavy (non-hydrogen) atoms. The van der Waals surface area contributed by atoms with Crippen molar-refractivity contribution in [1.29, 1.82) is 0 Å². The molecular weight excluding hydrogens is 394 g/mol. The third-order valence-electron chi connectivity index (χ3n) is 5.27. The largest absolute Gasteiger partial charge is 0.295 e. The Bertz CT molecular complexity index is 1270. The molecule has 3 aromatic rings. The lowest BCUT2D eigenvalue weighted by Gasteiger charge is -2.13. The van der Waals surface area contributed by atoms with Crippen molar-refractivity contribution < 1.29 is 13.2 Å². The standard InChI is InChI=1S/C25H23NO3S/c1-17(27)20-12-13-24-21(16-20)11-10-19-7-3-4-9-23(19)25(24)15-18-6-5-8-22(14-18)26-30(2,28)29/h3-9,12-16,26H,10-11H2,1-2H3. The molecule has 0 heterocycles. The van der Waals surface area contributed by atoms with E-state index in [0.717, 1.165) is 52.5 Å². The normalized spacial score (nSPS) is 14.5. The number of rotatable bonds is 4. The smallest absolute Gasteiger partial charge is 0.229 e. The molecule has 5 heteroatoms. The molecule has 1 N–H and O–H groups in total. The molecule has 0 radical (unpaired) electrons. The van der Waals surface area contributed by atoms with Gasteiger partial charge in [0.05, 0.1) is 6.26 Å². The molecule has 0 saturated heterocycles. The summed E-state index contributed by atoms with van der Waals surface area (Å²) in [4.78, 5) is 11.9. The molecular formula is C25H23NO3S. The van der Waals surface area contributed by atoms with Crippen molar-refractivity contribution in [3.05, 3.63) is 100 Å². The van der Waals surface area contributed by atoms with Crippen molar-refractivity contribution in [3.8, 4) is 0 Å². The number of nitrogens with one attached hydrogen (secondary N) is 1. The molecule has 4 rings (SSSR count). The summed E-state index contributed by atoms with van der Waals surface area (Å²) in [6, 6.07) is 21.6. The maximum Gasteiger partial charge on any atom is 0.229 e. The number of Topliss-reactive ketones (excluding diaryl/α,β-unsaturated/α-hetero) is 1. The second kappa shape index (κ2) is 7.92. The maximum absolute atomic E-state index is 11.9. The van der Waals surface area contributed by atoms with Gasteiger partial charge < -0.3 is 0 Å². The predicted molar refractivity (Wildman–Crippen MR) is 122 cm³/mol. The summed E-state index contributed by atoms with van der Waals surface area (Å²) in [6.45, 7) is 1.59. The second-order valence-corrected chi connectivity index (χ2v) is 9.39. The summed E-state index contributed by atoms with van der Waals surface area (Å²) in [5.41, 5.74) is 7.89. The molecule has 0 aliphatic heterocycles. The number of sulfonamides is 1. The highest BCUT2D eigenvalue weighted by Gasteiger charge is 2.19. The topological polar surface area (TPSA) is 63.2 Å². The molecule has 0 atom stereocenters. The van der Waals surface area contributed by atoms with E-state index >= 15 is 0 Å². The van der Waals surface area contributed by atoms with Gasteiger partial charge in [-0.1, -0.05) is 48.5 Å². The molecule has 1 aliphatic carbocycles. The Morgan fingerprint density at radius 2 is 1.63 bits per heavy atom. The number of hydrogen-bond donors (Lipinski definition) is 1. The van der Waals surface area contributed by atoms with Gasteiger partial charge in [-0.05, 0) is 77.4 Å². The monoisotopic (exact) mass is 417 g/mol. The Morgan fingerprint density at radius 3 is 2.40 bits per heavy atom. The van der Waals surface area contributed by atoms with Crippen LogP contribution in [0.25, 0.3) is 11.6 Å². The molecule has 1 aliphatic rings. The van der Waals surface area contributed by atoms with Crippen LogP contribution in [-0.2, 0) is 22.9 Å². The lowest BCUT2D eigenvalue weighted by Crippen LogP contribution is -2.09. The molecule has 3 aromatic carbocycles. The number of hydrogen-bond acceptors (Lipinski definition) is 3. The Labute approximate surface area is 177 Å². The summed E-state index contributed by atoms with van der Waals surface area (Å²) in [6.07, 6.45) is 4.99. The number of anilines is 1. The van der Waals surface area contributed by atoms with Crippen LogP contribution in [0, 0.1) is 0 Å². The van der Waals surface area contributed by atoms with Gasteiger partial charge in [0.1, 0.15) is 0 Å². The first kappa shape index (κ1) is 20.1.